The van der Waals surface area contributed by atoms with Crippen LogP contribution in [0.15, 0.2) is 72.9 Å². The van der Waals surface area contributed by atoms with Gasteiger partial charge < -0.3 is 12.6 Å². The molecule has 0 atom stereocenters. The molecule has 3 nitrogen and oxygen atoms in total. The normalized spacial score (nSPS) is 11.0. The van der Waals surface area contributed by atoms with E-state index in [-0.39, 0.29) is 17.1 Å². The van der Waals surface area contributed by atoms with Crippen LogP contribution in [0.3, 0.4) is 0 Å². The topological polar surface area (TPSA) is 38.7 Å². The zero-order chi connectivity index (χ0) is 18.2. The zero-order valence-electron chi connectivity index (χ0n) is 14.9. The molecular formula is C23H16CuN3S. The molecule has 0 aliphatic carbocycles. The van der Waals surface area contributed by atoms with Gasteiger partial charge in [-0.25, -0.2) is 4.98 Å². The Kier molecular flexibility index (Phi) is 5.31. The van der Waals surface area contributed by atoms with E-state index in [2.05, 4.69) is 47.4 Å². The van der Waals surface area contributed by atoms with E-state index < -0.39 is 0 Å². The Hall–Kier alpha value is -2.46. The molecule has 2 aromatic carbocycles. The minimum atomic E-state index is 0. The third-order valence-electron chi connectivity index (χ3n) is 4.84. The molecule has 140 valence electrons. The van der Waals surface area contributed by atoms with Crippen molar-refractivity contribution in [2.75, 3.05) is 5.75 Å². The van der Waals surface area contributed by atoms with Crippen molar-refractivity contribution < 1.29 is 17.1 Å². The van der Waals surface area contributed by atoms with E-state index in [0.29, 0.717) is 5.75 Å². The maximum absolute atomic E-state index is 5.14. The molecule has 0 fully saturated rings. The molecule has 3 heterocycles. The summed E-state index contributed by atoms with van der Waals surface area (Å²) < 4.78 is 0. The van der Waals surface area contributed by atoms with Crippen molar-refractivity contribution in [3.63, 3.8) is 0 Å². The van der Waals surface area contributed by atoms with Crippen LogP contribution < -0.4 is 0 Å². The number of fused-ring (bicyclic) bond motifs is 5. The molecule has 28 heavy (non-hydrogen) atoms. The van der Waals surface area contributed by atoms with Crippen LogP contribution >= 0.6 is 0 Å². The molecule has 5 aromatic rings. The van der Waals surface area contributed by atoms with Gasteiger partial charge in [0.15, 0.2) is 0 Å². The molecule has 0 unspecified atom stereocenters. The third-order valence-corrected chi connectivity index (χ3v) is 5.05. The summed E-state index contributed by atoms with van der Waals surface area (Å²) in [5.41, 5.74) is 4.72. The van der Waals surface area contributed by atoms with Gasteiger partial charge in [0, 0.05) is 28.0 Å². The molecule has 0 saturated heterocycles. The molecule has 0 aliphatic rings. The summed E-state index contributed by atoms with van der Waals surface area (Å²) >= 11 is 5.14. The first-order valence-electron chi connectivity index (χ1n) is 8.95. The minimum absolute atomic E-state index is 0. The van der Waals surface area contributed by atoms with Gasteiger partial charge in [-0.1, -0.05) is 42.5 Å². The Balaban J connectivity index is 0.00000192. The number of aryl methyl sites for hydroxylation is 1. The van der Waals surface area contributed by atoms with Gasteiger partial charge in [-0.3, -0.25) is 9.97 Å². The molecular weight excluding hydrogens is 414 g/mol. The average molecular weight is 430 g/mol. The van der Waals surface area contributed by atoms with Crippen LogP contribution in [0.2, 0.25) is 0 Å². The number of aromatic nitrogens is 3. The van der Waals surface area contributed by atoms with Gasteiger partial charge in [-0.15, -0.1) is 0 Å². The van der Waals surface area contributed by atoms with Crippen LogP contribution in [-0.2, 0) is 36.1 Å². The standard InChI is InChI=1S/C23H17N3S.Cu/c27-14-12-18-10-8-16-6-4-15-5-7-17-9-11-20(19-3-1-2-13-24-19)26-23(17)21(15)22(16)25-18;/h1-11,13,27H,12,14H2;/q;+1/p-1. The van der Waals surface area contributed by atoms with E-state index in [1.807, 2.05) is 24.3 Å². The van der Waals surface area contributed by atoms with E-state index in [0.717, 1.165) is 56.1 Å². The second kappa shape index (κ2) is 7.88. The van der Waals surface area contributed by atoms with Crippen molar-refractivity contribution >= 4 is 45.2 Å². The second-order valence-electron chi connectivity index (χ2n) is 6.54. The number of nitrogens with zero attached hydrogens (tertiary/aromatic N) is 3. The van der Waals surface area contributed by atoms with Crippen molar-refractivity contribution in [2.45, 2.75) is 6.42 Å². The number of hydrogen-bond acceptors (Lipinski definition) is 4. The van der Waals surface area contributed by atoms with Crippen LogP contribution in [0.1, 0.15) is 5.69 Å². The predicted molar refractivity (Wildman–Crippen MR) is 114 cm³/mol. The maximum Gasteiger partial charge on any atom is 1.00 e. The summed E-state index contributed by atoms with van der Waals surface area (Å²) in [7, 11) is 0. The number of benzene rings is 2. The summed E-state index contributed by atoms with van der Waals surface area (Å²) in [6.07, 6.45) is 2.60. The SMILES string of the molecule is [Cu+].[S-]CCc1ccc2ccc3ccc4ccc(-c5ccccn5)nc4c3c2n1. The quantitative estimate of drug-likeness (QED) is 0.227. The van der Waals surface area contributed by atoms with Gasteiger partial charge in [0.25, 0.3) is 0 Å². The predicted octanol–water partition coefficient (Wildman–Crippen LogP) is 5.09. The van der Waals surface area contributed by atoms with Crippen molar-refractivity contribution in [3.05, 3.63) is 78.6 Å². The Morgan fingerprint density at radius 2 is 1.36 bits per heavy atom. The molecule has 3 aromatic heterocycles. The molecule has 0 spiro atoms. The van der Waals surface area contributed by atoms with Crippen LogP contribution in [0.25, 0.3) is 44.0 Å². The van der Waals surface area contributed by atoms with Gasteiger partial charge in [-0.2, -0.15) is 5.75 Å². The number of pyridine rings is 3. The van der Waals surface area contributed by atoms with Gasteiger partial charge in [-0.05, 0) is 36.1 Å². The van der Waals surface area contributed by atoms with Crippen molar-refractivity contribution in [2.24, 2.45) is 0 Å². The molecule has 5 rings (SSSR count). The fourth-order valence-electron chi connectivity index (χ4n) is 3.52. The molecule has 0 N–H and O–H groups in total. The van der Waals surface area contributed by atoms with Crippen molar-refractivity contribution in [3.8, 4) is 11.4 Å². The van der Waals surface area contributed by atoms with Gasteiger partial charge >= 0.3 is 17.1 Å². The zero-order valence-corrected chi connectivity index (χ0v) is 16.7. The molecule has 0 radical (unpaired) electrons. The van der Waals surface area contributed by atoms with Gasteiger partial charge in [0.2, 0.25) is 0 Å². The summed E-state index contributed by atoms with van der Waals surface area (Å²) in [6, 6.07) is 22.7. The molecule has 5 heteroatoms. The first-order valence-corrected chi connectivity index (χ1v) is 9.53. The fourth-order valence-corrected chi connectivity index (χ4v) is 3.73. The van der Waals surface area contributed by atoms with E-state index in [1.54, 1.807) is 6.20 Å². The average Bonchev–Trinajstić information content (AvgIpc) is 2.73. The second-order valence-corrected chi connectivity index (χ2v) is 6.95. The van der Waals surface area contributed by atoms with E-state index in [4.69, 9.17) is 22.6 Å². The fraction of sp³-hybridized carbons (Fsp3) is 0.0870. The largest absolute Gasteiger partial charge is 1.00 e. The van der Waals surface area contributed by atoms with E-state index >= 15 is 0 Å². The maximum atomic E-state index is 5.14. The summed E-state index contributed by atoms with van der Waals surface area (Å²) in [5, 5.41) is 4.45. The number of rotatable bonds is 3. The summed E-state index contributed by atoms with van der Waals surface area (Å²) in [5.74, 6) is 0.673. The monoisotopic (exact) mass is 429 g/mol. The third kappa shape index (κ3) is 3.26. The van der Waals surface area contributed by atoms with Crippen LogP contribution in [0.5, 0.6) is 0 Å². The summed E-state index contributed by atoms with van der Waals surface area (Å²) in [6.45, 7) is 0. The molecule has 0 bridgehead atoms. The van der Waals surface area contributed by atoms with Crippen molar-refractivity contribution in [1.29, 1.82) is 0 Å². The minimum Gasteiger partial charge on any atom is -0.792 e. The Morgan fingerprint density at radius 3 is 2.07 bits per heavy atom. The Morgan fingerprint density at radius 1 is 0.679 bits per heavy atom. The molecule has 0 aliphatic heterocycles. The van der Waals surface area contributed by atoms with Crippen molar-refractivity contribution in [1.82, 2.24) is 15.0 Å². The molecule has 0 amide bonds. The first-order chi connectivity index (χ1) is 13.3. The van der Waals surface area contributed by atoms with Crippen LogP contribution in [0.4, 0.5) is 0 Å². The smallest absolute Gasteiger partial charge is 0.792 e. The van der Waals surface area contributed by atoms with E-state index in [9.17, 15) is 0 Å². The Bertz CT molecular complexity index is 1280. The Labute approximate surface area is 179 Å². The van der Waals surface area contributed by atoms with Crippen LogP contribution in [-0.4, -0.2) is 20.7 Å². The summed E-state index contributed by atoms with van der Waals surface area (Å²) in [4.78, 5) is 14.3. The molecule has 0 saturated carbocycles. The number of hydrogen-bond donors (Lipinski definition) is 0. The van der Waals surface area contributed by atoms with Crippen LogP contribution in [0, 0.1) is 0 Å². The van der Waals surface area contributed by atoms with Gasteiger partial charge in [0.1, 0.15) is 0 Å². The first kappa shape index (κ1) is 18.9. The van der Waals surface area contributed by atoms with Gasteiger partial charge in [0.05, 0.1) is 22.4 Å². The van der Waals surface area contributed by atoms with E-state index in [1.165, 1.54) is 0 Å².